The highest BCUT2D eigenvalue weighted by atomic mass is 35.5. The topological polar surface area (TPSA) is 18.5 Å². The molecule has 0 amide bonds. The highest BCUT2D eigenvalue weighted by molar-refractivity contribution is 6.20. The Morgan fingerprint density at radius 1 is 1.05 bits per heavy atom. The van der Waals surface area contributed by atoms with Crippen LogP contribution < -0.4 is 4.74 Å². The summed E-state index contributed by atoms with van der Waals surface area (Å²) in [7, 11) is 0. The van der Waals surface area contributed by atoms with Gasteiger partial charge in [0.1, 0.15) is 11.5 Å². The van der Waals surface area contributed by atoms with Crippen LogP contribution in [0, 0.1) is 0 Å². The Balaban J connectivity index is 1.60. The van der Waals surface area contributed by atoms with Gasteiger partial charge in [0.2, 0.25) is 0 Å². The van der Waals surface area contributed by atoms with E-state index in [-0.39, 0.29) is 5.38 Å². The number of ether oxygens (including phenoxy) is 2. The normalized spacial score (nSPS) is 19.4. The summed E-state index contributed by atoms with van der Waals surface area (Å²) in [5.74, 6) is 1.66. The smallest absolute Gasteiger partial charge is 0.127 e. The van der Waals surface area contributed by atoms with E-state index in [1.54, 1.807) is 0 Å². The lowest BCUT2D eigenvalue weighted by Gasteiger charge is -2.15. The third-order valence-corrected chi connectivity index (χ3v) is 4.14. The van der Waals surface area contributed by atoms with Gasteiger partial charge in [-0.3, -0.25) is 0 Å². The van der Waals surface area contributed by atoms with Crippen LogP contribution in [0.15, 0.2) is 54.6 Å². The summed E-state index contributed by atoms with van der Waals surface area (Å²) < 4.78 is 11.4. The number of hydrogen-bond donors (Lipinski definition) is 0. The molecule has 2 aromatic carbocycles. The summed E-state index contributed by atoms with van der Waals surface area (Å²) in [5.41, 5.74) is 1.12. The van der Waals surface area contributed by atoms with Crippen LogP contribution >= 0.6 is 11.6 Å². The fourth-order valence-electron chi connectivity index (χ4n) is 2.57. The van der Waals surface area contributed by atoms with Gasteiger partial charge in [-0.25, -0.2) is 0 Å². The van der Waals surface area contributed by atoms with Crippen molar-refractivity contribution in [2.45, 2.75) is 30.7 Å². The maximum Gasteiger partial charge on any atom is 0.127 e. The maximum absolute atomic E-state index is 6.48. The highest BCUT2D eigenvalue weighted by Gasteiger charge is 2.20. The van der Waals surface area contributed by atoms with Gasteiger partial charge in [0, 0.05) is 6.61 Å². The molecule has 0 aliphatic carbocycles. The van der Waals surface area contributed by atoms with Crippen LogP contribution in [0.4, 0.5) is 0 Å². The fraction of sp³-hybridized carbons (Fsp3) is 0.333. The largest absolute Gasteiger partial charge is 0.457 e. The fourth-order valence-corrected chi connectivity index (χ4v) is 2.91. The Labute approximate surface area is 130 Å². The van der Waals surface area contributed by atoms with E-state index < -0.39 is 0 Å². The number of benzene rings is 2. The van der Waals surface area contributed by atoms with Gasteiger partial charge < -0.3 is 9.47 Å². The van der Waals surface area contributed by atoms with E-state index in [1.165, 1.54) is 0 Å². The molecule has 1 aliphatic rings. The zero-order valence-electron chi connectivity index (χ0n) is 11.9. The van der Waals surface area contributed by atoms with Crippen molar-refractivity contribution in [2.24, 2.45) is 0 Å². The minimum atomic E-state index is -0.00104. The second-order valence-electron chi connectivity index (χ2n) is 5.32. The molecular weight excluding hydrogens is 284 g/mol. The van der Waals surface area contributed by atoms with E-state index in [4.69, 9.17) is 21.1 Å². The van der Waals surface area contributed by atoms with Crippen LogP contribution in [0.25, 0.3) is 0 Å². The lowest BCUT2D eigenvalue weighted by molar-refractivity contribution is 0.103. The first kappa shape index (κ1) is 14.4. The number of alkyl halides is 1. The number of rotatable bonds is 5. The van der Waals surface area contributed by atoms with Crippen molar-refractivity contribution in [3.05, 3.63) is 60.2 Å². The summed E-state index contributed by atoms with van der Waals surface area (Å²) in [4.78, 5) is 0. The molecule has 0 radical (unpaired) electrons. The van der Waals surface area contributed by atoms with E-state index in [2.05, 4.69) is 0 Å². The average molecular weight is 303 g/mol. The van der Waals surface area contributed by atoms with Crippen molar-refractivity contribution in [3.8, 4) is 11.5 Å². The van der Waals surface area contributed by atoms with Crippen molar-refractivity contribution in [3.63, 3.8) is 0 Å². The first-order valence-corrected chi connectivity index (χ1v) is 7.83. The molecular formula is C18H19ClO2. The minimum absolute atomic E-state index is 0.00104. The van der Waals surface area contributed by atoms with Gasteiger partial charge >= 0.3 is 0 Å². The SMILES string of the molecule is ClC(CC1CCCO1)c1ccc(Oc2ccccc2)cc1. The lowest BCUT2D eigenvalue weighted by atomic mass is 10.0. The molecule has 21 heavy (non-hydrogen) atoms. The molecule has 0 aromatic heterocycles. The molecule has 0 saturated carbocycles. The van der Waals surface area contributed by atoms with Gasteiger partial charge in [-0.2, -0.15) is 0 Å². The van der Waals surface area contributed by atoms with Gasteiger partial charge in [-0.15, -0.1) is 11.6 Å². The van der Waals surface area contributed by atoms with Crippen LogP contribution in [0.1, 0.15) is 30.2 Å². The monoisotopic (exact) mass is 302 g/mol. The van der Waals surface area contributed by atoms with Gasteiger partial charge in [-0.1, -0.05) is 30.3 Å². The molecule has 2 atom stereocenters. The third-order valence-electron chi connectivity index (χ3n) is 3.71. The first-order chi connectivity index (χ1) is 10.3. The molecule has 110 valence electrons. The molecule has 2 aromatic rings. The molecule has 2 nitrogen and oxygen atoms in total. The van der Waals surface area contributed by atoms with Gasteiger partial charge in [0.05, 0.1) is 11.5 Å². The number of para-hydroxylation sites is 1. The Morgan fingerprint density at radius 3 is 2.43 bits per heavy atom. The Kier molecular flexibility index (Phi) is 4.79. The second kappa shape index (κ2) is 6.97. The molecule has 0 spiro atoms. The van der Waals surface area contributed by atoms with Gasteiger partial charge in [0.25, 0.3) is 0 Å². The zero-order chi connectivity index (χ0) is 14.5. The molecule has 3 rings (SSSR count). The van der Waals surface area contributed by atoms with E-state index in [0.717, 1.165) is 42.9 Å². The van der Waals surface area contributed by atoms with E-state index in [9.17, 15) is 0 Å². The quantitative estimate of drug-likeness (QED) is 0.695. The molecule has 3 heteroatoms. The summed E-state index contributed by atoms with van der Waals surface area (Å²) in [6, 6.07) is 17.8. The van der Waals surface area contributed by atoms with Gasteiger partial charge in [-0.05, 0) is 49.1 Å². The summed E-state index contributed by atoms with van der Waals surface area (Å²) in [5, 5.41) is -0.00104. The van der Waals surface area contributed by atoms with Crippen molar-refractivity contribution in [1.82, 2.24) is 0 Å². The molecule has 0 bridgehead atoms. The van der Waals surface area contributed by atoms with Crippen molar-refractivity contribution < 1.29 is 9.47 Å². The molecule has 1 heterocycles. The van der Waals surface area contributed by atoms with Crippen LogP contribution in [0.5, 0.6) is 11.5 Å². The second-order valence-corrected chi connectivity index (χ2v) is 5.85. The molecule has 1 fully saturated rings. The van der Waals surface area contributed by atoms with Crippen LogP contribution in [0.3, 0.4) is 0 Å². The lowest BCUT2D eigenvalue weighted by Crippen LogP contribution is -2.08. The van der Waals surface area contributed by atoms with Crippen LogP contribution in [-0.4, -0.2) is 12.7 Å². The van der Waals surface area contributed by atoms with Gasteiger partial charge in [0.15, 0.2) is 0 Å². The van der Waals surface area contributed by atoms with Crippen LogP contribution in [0.2, 0.25) is 0 Å². The summed E-state index contributed by atoms with van der Waals surface area (Å²) in [6.45, 7) is 0.873. The predicted octanol–water partition coefficient (Wildman–Crippen LogP) is 5.33. The Morgan fingerprint density at radius 2 is 1.76 bits per heavy atom. The van der Waals surface area contributed by atoms with Crippen molar-refractivity contribution in [1.29, 1.82) is 0 Å². The molecule has 1 aliphatic heterocycles. The Hall–Kier alpha value is -1.51. The maximum atomic E-state index is 6.48. The van der Waals surface area contributed by atoms with Crippen molar-refractivity contribution >= 4 is 11.6 Å². The predicted molar refractivity (Wildman–Crippen MR) is 85.1 cm³/mol. The summed E-state index contributed by atoms with van der Waals surface area (Å²) in [6.07, 6.45) is 3.46. The third kappa shape index (κ3) is 3.99. The summed E-state index contributed by atoms with van der Waals surface area (Å²) >= 11 is 6.48. The highest BCUT2D eigenvalue weighted by Crippen LogP contribution is 2.31. The van der Waals surface area contributed by atoms with Crippen LogP contribution in [-0.2, 0) is 4.74 Å². The standard InChI is InChI=1S/C18H19ClO2/c19-18(13-17-7-4-12-20-17)14-8-10-16(11-9-14)21-15-5-2-1-3-6-15/h1-3,5-6,8-11,17-18H,4,7,12-13H2. The number of hydrogen-bond acceptors (Lipinski definition) is 2. The van der Waals surface area contributed by atoms with E-state index in [0.29, 0.717) is 6.10 Å². The number of halogens is 1. The van der Waals surface area contributed by atoms with E-state index >= 15 is 0 Å². The molecule has 1 saturated heterocycles. The van der Waals surface area contributed by atoms with Crippen molar-refractivity contribution in [2.75, 3.05) is 6.61 Å². The first-order valence-electron chi connectivity index (χ1n) is 7.40. The molecule has 2 unspecified atom stereocenters. The zero-order valence-corrected chi connectivity index (χ0v) is 12.6. The van der Waals surface area contributed by atoms with E-state index in [1.807, 2.05) is 54.6 Å². The average Bonchev–Trinajstić information content (AvgIpc) is 3.02. The molecule has 0 N–H and O–H groups in total. The Bertz CT molecular complexity index is 547. The minimum Gasteiger partial charge on any atom is -0.457 e.